The Balaban J connectivity index is 2.07. The van der Waals surface area contributed by atoms with Gasteiger partial charge in [0.05, 0.1) is 10.6 Å². The molecule has 0 bridgehead atoms. The fourth-order valence-corrected chi connectivity index (χ4v) is 4.95. The number of benzene rings is 3. The minimum atomic E-state index is -3.66. The smallest absolute Gasteiger partial charge is 0.261 e. The second-order valence-corrected chi connectivity index (χ2v) is 8.25. The van der Waals surface area contributed by atoms with Crippen molar-refractivity contribution in [3.8, 4) is 0 Å². The number of hydrogen-bond acceptors (Lipinski definition) is 2. The second kappa shape index (κ2) is 6.02. The molecule has 22 heavy (non-hydrogen) atoms. The van der Waals surface area contributed by atoms with Crippen LogP contribution in [0.2, 0.25) is 0 Å². The summed E-state index contributed by atoms with van der Waals surface area (Å²) in [6.07, 6.45) is 0. The van der Waals surface area contributed by atoms with Gasteiger partial charge in [-0.1, -0.05) is 68.3 Å². The number of fused-ring (bicyclic) bond motifs is 1. The molecule has 0 fully saturated rings. The first kappa shape index (κ1) is 15.5. The van der Waals surface area contributed by atoms with Gasteiger partial charge >= 0.3 is 0 Å². The first-order valence-corrected chi connectivity index (χ1v) is 9.49. The Labute approximate surface area is 145 Å². The second-order valence-electron chi connectivity index (χ2n) is 4.74. The van der Waals surface area contributed by atoms with E-state index in [1.165, 1.54) is 0 Å². The van der Waals surface area contributed by atoms with Crippen LogP contribution in [-0.2, 0) is 10.0 Å². The van der Waals surface area contributed by atoms with E-state index in [1.807, 2.05) is 36.4 Å². The van der Waals surface area contributed by atoms with Gasteiger partial charge in [0.2, 0.25) is 0 Å². The van der Waals surface area contributed by atoms with E-state index < -0.39 is 10.0 Å². The van der Waals surface area contributed by atoms with Gasteiger partial charge in [0.25, 0.3) is 10.0 Å². The average molecular weight is 441 g/mol. The maximum atomic E-state index is 12.6. The van der Waals surface area contributed by atoms with E-state index in [0.717, 1.165) is 10.8 Å². The molecule has 3 aromatic rings. The third kappa shape index (κ3) is 3.19. The molecule has 0 unspecified atom stereocenters. The van der Waals surface area contributed by atoms with Crippen molar-refractivity contribution in [1.29, 1.82) is 0 Å². The van der Waals surface area contributed by atoms with Crippen LogP contribution in [0.5, 0.6) is 0 Å². The van der Waals surface area contributed by atoms with Crippen LogP contribution in [0.25, 0.3) is 10.8 Å². The Bertz CT molecular complexity index is 930. The van der Waals surface area contributed by atoms with Crippen LogP contribution in [-0.4, -0.2) is 8.42 Å². The van der Waals surface area contributed by atoms with Gasteiger partial charge in [-0.25, -0.2) is 8.42 Å². The fraction of sp³-hybridized carbons (Fsp3) is 0. The Morgan fingerprint density at radius 2 is 1.45 bits per heavy atom. The van der Waals surface area contributed by atoms with Crippen LogP contribution in [0.4, 0.5) is 5.69 Å². The molecule has 0 saturated heterocycles. The van der Waals surface area contributed by atoms with Crippen LogP contribution in [0.15, 0.2) is 74.5 Å². The molecule has 0 spiro atoms. The molecule has 0 heterocycles. The number of nitrogens with one attached hydrogen (secondary N) is 1. The normalized spacial score (nSPS) is 11.5. The van der Waals surface area contributed by atoms with Crippen molar-refractivity contribution in [1.82, 2.24) is 0 Å². The highest BCUT2D eigenvalue weighted by molar-refractivity contribution is 9.11. The molecular weight excluding hydrogens is 430 g/mol. The van der Waals surface area contributed by atoms with Crippen molar-refractivity contribution in [2.45, 2.75) is 4.90 Å². The maximum absolute atomic E-state index is 12.6. The molecule has 0 aromatic heterocycles. The molecule has 0 radical (unpaired) electrons. The summed E-state index contributed by atoms with van der Waals surface area (Å²) >= 11 is 6.62. The van der Waals surface area contributed by atoms with Crippen molar-refractivity contribution in [3.63, 3.8) is 0 Å². The molecular formula is C16H11Br2NO2S. The first-order chi connectivity index (χ1) is 10.5. The van der Waals surface area contributed by atoms with Crippen LogP contribution in [0.3, 0.4) is 0 Å². The summed E-state index contributed by atoms with van der Waals surface area (Å²) < 4.78 is 29.2. The SMILES string of the molecule is O=S(=O)(Nc1cccc2ccccc12)c1cc(Br)cc(Br)c1. The molecule has 3 nitrogen and oxygen atoms in total. The van der Waals surface area contributed by atoms with Gasteiger partial charge < -0.3 is 0 Å². The molecule has 3 rings (SSSR count). The zero-order valence-electron chi connectivity index (χ0n) is 11.3. The van der Waals surface area contributed by atoms with E-state index in [0.29, 0.717) is 14.6 Å². The minimum Gasteiger partial charge on any atom is -0.279 e. The van der Waals surface area contributed by atoms with E-state index >= 15 is 0 Å². The van der Waals surface area contributed by atoms with Crippen molar-refractivity contribution in [2.24, 2.45) is 0 Å². The Kier molecular flexibility index (Phi) is 4.25. The number of anilines is 1. The number of hydrogen-bond donors (Lipinski definition) is 1. The highest BCUT2D eigenvalue weighted by Crippen LogP contribution is 2.28. The van der Waals surface area contributed by atoms with Crippen molar-refractivity contribution < 1.29 is 8.42 Å². The van der Waals surface area contributed by atoms with Crippen LogP contribution >= 0.6 is 31.9 Å². The van der Waals surface area contributed by atoms with Gasteiger partial charge in [0.1, 0.15) is 0 Å². The standard InChI is InChI=1S/C16H11Br2NO2S/c17-12-8-13(18)10-14(9-12)22(20,21)19-16-7-3-5-11-4-1-2-6-15(11)16/h1-10,19H. The molecule has 1 N–H and O–H groups in total. The van der Waals surface area contributed by atoms with Gasteiger partial charge in [-0.05, 0) is 29.7 Å². The van der Waals surface area contributed by atoms with Crippen LogP contribution < -0.4 is 4.72 Å². The molecule has 0 aliphatic rings. The van der Waals surface area contributed by atoms with E-state index in [2.05, 4.69) is 36.6 Å². The van der Waals surface area contributed by atoms with Gasteiger partial charge in [-0.2, -0.15) is 0 Å². The third-order valence-corrected chi connectivity index (χ3v) is 5.44. The van der Waals surface area contributed by atoms with Crippen LogP contribution in [0.1, 0.15) is 0 Å². The van der Waals surface area contributed by atoms with Gasteiger partial charge in [0.15, 0.2) is 0 Å². The summed E-state index contributed by atoms with van der Waals surface area (Å²) in [6, 6.07) is 18.1. The Morgan fingerprint density at radius 3 is 2.18 bits per heavy atom. The van der Waals surface area contributed by atoms with E-state index in [9.17, 15) is 8.42 Å². The van der Waals surface area contributed by atoms with Gasteiger partial charge in [-0.15, -0.1) is 0 Å². The summed E-state index contributed by atoms with van der Waals surface area (Å²) in [5, 5.41) is 1.85. The Morgan fingerprint density at radius 1 is 0.818 bits per heavy atom. The minimum absolute atomic E-state index is 0.196. The number of rotatable bonds is 3. The first-order valence-electron chi connectivity index (χ1n) is 6.42. The Hall–Kier alpha value is -1.37. The average Bonchev–Trinajstić information content (AvgIpc) is 2.46. The van der Waals surface area contributed by atoms with E-state index in [1.54, 1.807) is 24.3 Å². The zero-order chi connectivity index (χ0) is 15.7. The summed E-state index contributed by atoms with van der Waals surface area (Å²) in [6.45, 7) is 0. The molecule has 3 aromatic carbocycles. The van der Waals surface area contributed by atoms with Crippen molar-refractivity contribution in [2.75, 3.05) is 4.72 Å². The monoisotopic (exact) mass is 439 g/mol. The predicted molar refractivity (Wildman–Crippen MR) is 96.6 cm³/mol. The quantitative estimate of drug-likeness (QED) is 0.610. The maximum Gasteiger partial charge on any atom is 0.261 e. The number of halogens is 2. The molecule has 0 saturated carbocycles. The topological polar surface area (TPSA) is 46.2 Å². The zero-order valence-corrected chi connectivity index (χ0v) is 15.2. The van der Waals surface area contributed by atoms with E-state index in [-0.39, 0.29) is 4.90 Å². The highest BCUT2D eigenvalue weighted by atomic mass is 79.9. The van der Waals surface area contributed by atoms with Gasteiger partial charge in [0, 0.05) is 14.3 Å². The lowest BCUT2D eigenvalue weighted by Gasteiger charge is -2.11. The van der Waals surface area contributed by atoms with Gasteiger partial charge in [-0.3, -0.25) is 4.72 Å². The lowest BCUT2D eigenvalue weighted by molar-refractivity contribution is 0.601. The van der Waals surface area contributed by atoms with Crippen LogP contribution in [0, 0.1) is 0 Å². The summed E-state index contributed by atoms with van der Waals surface area (Å²) in [5.41, 5.74) is 0.564. The lowest BCUT2D eigenvalue weighted by Crippen LogP contribution is -2.13. The summed E-state index contributed by atoms with van der Waals surface area (Å²) in [4.78, 5) is 0.196. The summed E-state index contributed by atoms with van der Waals surface area (Å²) in [7, 11) is -3.66. The molecule has 0 atom stereocenters. The van der Waals surface area contributed by atoms with E-state index in [4.69, 9.17) is 0 Å². The van der Waals surface area contributed by atoms with Crippen molar-refractivity contribution in [3.05, 3.63) is 69.6 Å². The third-order valence-electron chi connectivity index (χ3n) is 3.18. The largest absolute Gasteiger partial charge is 0.279 e. The molecule has 0 aliphatic heterocycles. The highest BCUT2D eigenvalue weighted by Gasteiger charge is 2.16. The number of sulfonamides is 1. The summed E-state index contributed by atoms with van der Waals surface area (Å²) in [5.74, 6) is 0. The molecule has 0 aliphatic carbocycles. The lowest BCUT2D eigenvalue weighted by atomic mass is 10.1. The van der Waals surface area contributed by atoms with Crippen molar-refractivity contribution >= 4 is 58.3 Å². The molecule has 112 valence electrons. The molecule has 0 amide bonds. The molecule has 6 heteroatoms. The fourth-order valence-electron chi connectivity index (χ4n) is 2.20. The predicted octanol–water partition coefficient (Wildman–Crippen LogP) is 5.17.